The van der Waals surface area contributed by atoms with Gasteiger partial charge in [-0.2, -0.15) is 0 Å². The summed E-state index contributed by atoms with van der Waals surface area (Å²) in [4.78, 5) is 42.0. The quantitative estimate of drug-likeness (QED) is 0.821. The summed E-state index contributed by atoms with van der Waals surface area (Å²) in [5.41, 5.74) is -1.12. The molecule has 0 amide bonds. The Morgan fingerprint density at radius 3 is 2.78 bits per heavy atom. The fourth-order valence-electron chi connectivity index (χ4n) is 1.54. The van der Waals surface area contributed by atoms with E-state index >= 15 is 0 Å². The Hall–Kier alpha value is -2.02. The van der Waals surface area contributed by atoms with Gasteiger partial charge in [0.25, 0.3) is 5.56 Å². The highest BCUT2D eigenvalue weighted by molar-refractivity contribution is 7.11. The molecule has 0 fully saturated rings. The van der Waals surface area contributed by atoms with Gasteiger partial charge in [-0.25, -0.2) is 9.78 Å². The first kappa shape index (κ1) is 12.4. The molecule has 0 aliphatic heterocycles. The number of H-pyrrole nitrogens is 1. The maximum absolute atomic E-state index is 11.9. The summed E-state index contributed by atoms with van der Waals surface area (Å²) >= 11 is 1.41. The normalized spacial score (nSPS) is 10.6. The second-order valence-corrected chi connectivity index (χ2v) is 5.12. The van der Waals surface area contributed by atoms with Gasteiger partial charge in [-0.15, -0.1) is 11.3 Å². The smallest absolute Gasteiger partial charge is 0.313 e. The van der Waals surface area contributed by atoms with Crippen molar-refractivity contribution in [3.05, 3.63) is 48.7 Å². The molecule has 94 valence electrons. The van der Waals surface area contributed by atoms with Gasteiger partial charge in [-0.1, -0.05) is 0 Å². The molecule has 2 rings (SSSR count). The lowest BCUT2D eigenvalue weighted by atomic mass is 10.2. The van der Waals surface area contributed by atoms with E-state index in [1.165, 1.54) is 18.3 Å². The molecule has 0 radical (unpaired) electrons. The zero-order valence-electron chi connectivity index (χ0n) is 9.89. The van der Waals surface area contributed by atoms with E-state index in [0.717, 1.165) is 20.6 Å². The first-order valence-corrected chi connectivity index (χ1v) is 6.05. The molecule has 0 aliphatic carbocycles. The van der Waals surface area contributed by atoms with Crippen molar-refractivity contribution in [3.8, 4) is 0 Å². The number of carbonyl (C=O) groups is 1. The standard InChI is InChI=1S/C11H11N3O3S/c1-6(15)9-4-13-11(17)14(10(9)16)5-8-3-12-7(2)18-8/h3-4H,5H2,1-2H3,(H,13,17). The maximum Gasteiger partial charge on any atom is 0.328 e. The zero-order chi connectivity index (χ0) is 13.3. The number of aryl methyl sites for hydroxylation is 1. The maximum atomic E-state index is 11.9. The Kier molecular flexibility index (Phi) is 3.24. The third-order valence-electron chi connectivity index (χ3n) is 2.42. The molecule has 2 aromatic rings. The van der Waals surface area contributed by atoms with E-state index in [0.29, 0.717) is 0 Å². The summed E-state index contributed by atoms with van der Waals surface area (Å²) in [6.45, 7) is 3.25. The first-order chi connectivity index (χ1) is 8.49. The lowest BCUT2D eigenvalue weighted by Crippen LogP contribution is -2.37. The number of hydrogen-bond acceptors (Lipinski definition) is 5. The van der Waals surface area contributed by atoms with E-state index in [1.807, 2.05) is 6.92 Å². The number of rotatable bonds is 3. The molecule has 18 heavy (non-hydrogen) atoms. The number of carbonyl (C=O) groups excluding carboxylic acids is 1. The highest BCUT2D eigenvalue weighted by Crippen LogP contribution is 2.11. The van der Waals surface area contributed by atoms with Crippen molar-refractivity contribution in [1.29, 1.82) is 0 Å². The van der Waals surface area contributed by atoms with E-state index in [-0.39, 0.29) is 17.9 Å². The summed E-state index contributed by atoms with van der Waals surface area (Å²) in [6, 6.07) is 0. The van der Waals surface area contributed by atoms with Gasteiger partial charge in [0.05, 0.1) is 17.1 Å². The number of nitrogens with zero attached hydrogens (tertiary/aromatic N) is 2. The van der Waals surface area contributed by atoms with Crippen molar-refractivity contribution >= 4 is 17.1 Å². The number of thiazole rings is 1. The van der Waals surface area contributed by atoms with Crippen LogP contribution in [0.15, 0.2) is 22.0 Å². The predicted octanol–water partition coefficient (Wildman–Crippen LogP) is 0.552. The molecule has 0 saturated carbocycles. The topological polar surface area (TPSA) is 84.8 Å². The van der Waals surface area contributed by atoms with Crippen LogP contribution in [0.3, 0.4) is 0 Å². The summed E-state index contributed by atoms with van der Waals surface area (Å²) in [5.74, 6) is -0.370. The van der Waals surface area contributed by atoms with Crippen LogP contribution in [0, 0.1) is 6.92 Å². The van der Waals surface area contributed by atoms with Crippen molar-refractivity contribution in [3.63, 3.8) is 0 Å². The SMILES string of the molecule is CC(=O)c1c[nH]c(=O)n(Cc2cnc(C)s2)c1=O. The van der Waals surface area contributed by atoms with Gasteiger partial charge in [-0.3, -0.25) is 14.2 Å². The molecule has 1 N–H and O–H groups in total. The molecule has 0 unspecified atom stereocenters. The number of Topliss-reactive ketones (excluding diaryl/α,β-unsaturated/α-hetero) is 1. The number of aromatic amines is 1. The van der Waals surface area contributed by atoms with E-state index in [9.17, 15) is 14.4 Å². The Balaban J connectivity index is 2.50. The lowest BCUT2D eigenvalue weighted by Gasteiger charge is -2.03. The Labute approximate surface area is 106 Å². The van der Waals surface area contributed by atoms with Gasteiger partial charge in [0, 0.05) is 17.3 Å². The molecular formula is C11H11N3O3S. The van der Waals surface area contributed by atoms with E-state index in [2.05, 4.69) is 9.97 Å². The van der Waals surface area contributed by atoms with Gasteiger partial charge in [-0.05, 0) is 13.8 Å². The molecule has 0 spiro atoms. The Bertz CT molecular complexity index is 711. The van der Waals surface area contributed by atoms with Crippen LogP contribution < -0.4 is 11.2 Å². The molecule has 0 bridgehead atoms. The van der Waals surface area contributed by atoms with Gasteiger partial charge in [0.15, 0.2) is 5.78 Å². The van der Waals surface area contributed by atoms with Crippen molar-refractivity contribution < 1.29 is 4.79 Å². The van der Waals surface area contributed by atoms with Crippen molar-refractivity contribution in [2.24, 2.45) is 0 Å². The summed E-state index contributed by atoms with van der Waals surface area (Å²) in [5, 5.41) is 0.859. The third-order valence-corrected chi connectivity index (χ3v) is 3.32. The highest BCUT2D eigenvalue weighted by Gasteiger charge is 2.12. The number of aromatic nitrogens is 3. The zero-order valence-corrected chi connectivity index (χ0v) is 10.7. The van der Waals surface area contributed by atoms with Crippen LogP contribution in [0.5, 0.6) is 0 Å². The molecule has 0 saturated heterocycles. The molecule has 7 heteroatoms. The predicted molar refractivity (Wildman–Crippen MR) is 67.3 cm³/mol. The monoisotopic (exact) mass is 265 g/mol. The fraction of sp³-hybridized carbons (Fsp3) is 0.273. The second kappa shape index (κ2) is 4.69. The van der Waals surface area contributed by atoms with Crippen LogP contribution in [0.1, 0.15) is 27.2 Å². The molecule has 0 aliphatic rings. The number of ketones is 1. The summed E-state index contributed by atoms with van der Waals surface area (Å²) in [7, 11) is 0. The molecule has 6 nitrogen and oxygen atoms in total. The van der Waals surface area contributed by atoms with Crippen molar-refractivity contribution in [2.75, 3.05) is 0 Å². The average Bonchev–Trinajstić information content (AvgIpc) is 2.69. The molecule has 2 aromatic heterocycles. The highest BCUT2D eigenvalue weighted by atomic mass is 32.1. The minimum Gasteiger partial charge on any atom is -0.313 e. The van der Waals surface area contributed by atoms with Crippen LogP contribution in [-0.4, -0.2) is 20.3 Å². The van der Waals surface area contributed by atoms with Crippen LogP contribution >= 0.6 is 11.3 Å². The van der Waals surface area contributed by atoms with E-state index in [1.54, 1.807) is 6.20 Å². The second-order valence-electron chi connectivity index (χ2n) is 3.80. The van der Waals surface area contributed by atoms with Crippen LogP contribution in [0.25, 0.3) is 0 Å². The van der Waals surface area contributed by atoms with E-state index < -0.39 is 11.2 Å². The van der Waals surface area contributed by atoms with Gasteiger partial charge in [0.2, 0.25) is 0 Å². The van der Waals surface area contributed by atoms with Crippen molar-refractivity contribution in [2.45, 2.75) is 20.4 Å². The molecule has 0 atom stereocenters. The number of nitrogens with one attached hydrogen (secondary N) is 1. The molecule has 0 aromatic carbocycles. The Morgan fingerprint density at radius 2 is 2.22 bits per heavy atom. The van der Waals surface area contributed by atoms with Crippen LogP contribution in [0.2, 0.25) is 0 Å². The van der Waals surface area contributed by atoms with Gasteiger partial charge in [0.1, 0.15) is 0 Å². The van der Waals surface area contributed by atoms with Crippen molar-refractivity contribution in [1.82, 2.24) is 14.5 Å². The third kappa shape index (κ3) is 2.30. The first-order valence-electron chi connectivity index (χ1n) is 5.24. The van der Waals surface area contributed by atoms with Gasteiger partial charge < -0.3 is 4.98 Å². The minimum atomic E-state index is -0.572. The summed E-state index contributed by atoms with van der Waals surface area (Å²) in [6.07, 6.45) is 2.77. The minimum absolute atomic E-state index is 0.0177. The van der Waals surface area contributed by atoms with Crippen LogP contribution in [0.4, 0.5) is 0 Å². The van der Waals surface area contributed by atoms with E-state index in [4.69, 9.17) is 0 Å². The van der Waals surface area contributed by atoms with Gasteiger partial charge >= 0.3 is 5.69 Å². The average molecular weight is 265 g/mol. The summed E-state index contributed by atoms with van der Waals surface area (Å²) < 4.78 is 1.00. The fourth-order valence-corrected chi connectivity index (χ4v) is 2.33. The largest absolute Gasteiger partial charge is 0.328 e. The molecule has 2 heterocycles. The Morgan fingerprint density at radius 1 is 1.50 bits per heavy atom. The lowest BCUT2D eigenvalue weighted by molar-refractivity contribution is 0.101. The van der Waals surface area contributed by atoms with Crippen LogP contribution in [-0.2, 0) is 6.54 Å². The number of hydrogen-bond donors (Lipinski definition) is 1. The molecular weight excluding hydrogens is 254 g/mol.